The molecule has 0 atom stereocenters. The number of nitrogens with zero attached hydrogens (tertiary/aromatic N) is 3. The van der Waals surface area contributed by atoms with Crippen LogP contribution in [0.3, 0.4) is 0 Å². The Morgan fingerprint density at radius 1 is 0.840 bits per heavy atom. The highest BCUT2D eigenvalue weighted by molar-refractivity contribution is 6.14. The molecule has 0 fully saturated rings. The Labute approximate surface area is 148 Å². The molecule has 3 aromatic rings. The number of aryl methyl sites for hydroxylation is 1. The second-order valence-electron chi connectivity index (χ2n) is 7.98. The van der Waals surface area contributed by atoms with Crippen molar-refractivity contribution in [1.82, 2.24) is 10.2 Å². The SMILES string of the molecule is Cc1ccc2cc(C3=NC(C)(C)C(C)(C)c4ccccc43)nnc2c1. The van der Waals surface area contributed by atoms with Crippen molar-refractivity contribution in [2.75, 3.05) is 0 Å². The van der Waals surface area contributed by atoms with Crippen molar-refractivity contribution in [2.45, 2.75) is 45.6 Å². The summed E-state index contributed by atoms with van der Waals surface area (Å²) >= 11 is 0. The summed E-state index contributed by atoms with van der Waals surface area (Å²) in [5, 5.41) is 10.0. The van der Waals surface area contributed by atoms with Gasteiger partial charge in [-0.25, -0.2) is 0 Å². The molecule has 0 saturated heterocycles. The van der Waals surface area contributed by atoms with Crippen LogP contribution in [0.1, 0.15) is 50.1 Å². The van der Waals surface area contributed by atoms with Gasteiger partial charge in [0.15, 0.2) is 0 Å². The first-order valence-electron chi connectivity index (χ1n) is 8.74. The molecule has 0 unspecified atom stereocenters. The van der Waals surface area contributed by atoms with Gasteiger partial charge in [-0.1, -0.05) is 50.2 Å². The van der Waals surface area contributed by atoms with Crippen LogP contribution in [0.25, 0.3) is 10.9 Å². The van der Waals surface area contributed by atoms with Gasteiger partial charge in [0.1, 0.15) is 5.69 Å². The molecule has 0 bridgehead atoms. The topological polar surface area (TPSA) is 38.1 Å². The van der Waals surface area contributed by atoms with Gasteiger partial charge in [0.05, 0.1) is 16.8 Å². The maximum Gasteiger partial charge on any atom is 0.112 e. The van der Waals surface area contributed by atoms with Crippen LogP contribution in [0, 0.1) is 6.92 Å². The number of aliphatic imine (C=N–C) groups is 1. The first-order chi connectivity index (χ1) is 11.8. The summed E-state index contributed by atoms with van der Waals surface area (Å²) in [6, 6.07) is 16.9. The molecule has 4 rings (SSSR count). The number of fused-ring (bicyclic) bond motifs is 2. The number of benzene rings is 2. The predicted octanol–water partition coefficient (Wildman–Crippen LogP) is 4.85. The van der Waals surface area contributed by atoms with Crippen LogP contribution in [-0.4, -0.2) is 21.4 Å². The molecule has 0 radical (unpaired) electrons. The monoisotopic (exact) mass is 329 g/mol. The van der Waals surface area contributed by atoms with Gasteiger partial charge in [-0.2, -0.15) is 0 Å². The molecule has 0 amide bonds. The first kappa shape index (κ1) is 15.9. The number of aromatic nitrogens is 2. The van der Waals surface area contributed by atoms with Crippen LogP contribution in [-0.2, 0) is 5.41 Å². The Kier molecular flexibility index (Phi) is 3.33. The molecule has 3 nitrogen and oxygen atoms in total. The fraction of sp³-hybridized carbons (Fsp3) is 0.318. The minimum Gasteiger partial charge on any atom is -0.275 e. The Balaban J connectivity index is 1.96. The standard InChI is InChI=1S/C22H23N3/c1-14-10-11-15-13-19(25-24-18(15)12-14)20-16-8-6-7-9-17(16)21(2,3)22(4,5)23-20/h6-13H,1-5H3. The van der Waals surface area contributed by atoms with Gasteiger partial charge in [0.25, 0.3) is 0 Å². The van der Waals surface area contributed by atoms with Gasteiger partial charge in [0, 0.05) is 16.4 Å². The highest BCUT2D eigenvalue weighted by Gasteiger charge is 2.43. The van der Waals surface area contributed by atoms with Crippen molar-refractivity contribution in [3.63, 3.8) is 0 Å². The third-order valence-electron chi connectivity index (χ3n) is 5.76. The van der Waals surface area contributed by atoms with Crippen molar-refractivity contribution >= 4 is 16.6 Å². The average Bonchev–Trinajstić information content (AvgIpc) is 2.58. The molecule has 25 heavy (non-hydrogen) atoms. The smallest absolute Gasteiger partial charge is 0.112 e. The molecular formula is C22H23N3. The van der Waals surface area contributed by atoms with E-state index in [-0.39, 0.29) is 11.0 Å². The van der Waals surface area contributed by atoms with Crippen molar-refractivity contribution in [2.24, 2.45) is 4.99 Å². The molecule has 1 aliphatic heterocycles. The van der Waals surface area contributed by atoms with Gasteiger partial charge >= 0.3 is 0 Å². The fourth-order valence-electron chi connectivity index (χ4n) is 3.50. The van der Waals surface area contributed by atoms with E-state index >= 15 is 0 Å². The number of hydrogen-bond donors (Lipinski definition) is 0. The minimum atomic E-state index is -0.222. The largest absolute Gasteiger partial charge is 0.275 e. The van der Waals surface area contributed by atoms with E-state index < -0.39 is 0 Å². The second kappa shape index (κ2) is 5.22. The summed E-state index contributed by atoms with van der Waals surface area (Å²) < 4.78 is 0. The fourth-order valence-corrected chi connectivity index (χ4v) is 3.50. The van der Waals surface area contributed by atoms with Gasteiger partial charge in [-0.15, -0.1) is 10.2 Å². The summed E-state index contributed by atoms with van der Waals surface area (Å²) in [6.45, 7) is 11.0. The van der Waals surface area contributed by atoms with Gasteiger partial charge in [-0.3, -0.25) is 4.99 Å². The van der Waals surface area contributed by atoms with E-state index in [2.05, 4.69) is 93.3 Å². The summed E-state index contributed by atoms with van der Waals surface area (Å²) in [5.74, 6) is 0. The van der Waals surface area contributed by atoms with Crippen molar-refractivity contribution in [1.29, 1.82) is 0 Å². The van der Waals surface area contributed by atoms with Crippen LogP contribution in [0.2, 0.25) is 0 Å². The molecule has 1 aromatic heterocycles. The van der Waals surface area contributed by atoms with Crippen molar-refractivity contribution in [3.8, 4) is 0 Å². The van der Waals surface area contributed by atoms with Crippen LogP contribution in [0.15, 0.2) is 53.5 Å². The van der Waals surface area contributed by atoms with Gasteiger partial charge < -0.3 is 0 Å². The minimum absolute atomic E-state index is 0.0471. The van der Waals surface area contributed by atoms with E-state index in [1.54, 1.807) is 0 Å². The van der Waals surface area contributed by atoms with Crippen LogP contribution >= 0.6 is 0 Å². The zero-order valence-electron chi connectivity index (χ0n) is 15.5. The maximum absolute atomic E-state index is 5.12. The molecule has 1 aliphatic rings. The molecule has 2 aromatic carbocycles. The molecule has 0 aliphatic carbocycles. The zero-order valence-corrected chi connectivity index (χ0v) is 15.5. The lowest BCUT2D eigenvalue weighted by Gasteiger charge is -2.44. The molecule has 0 saturated carbocycles. The van der Waals surface area contributed by atoms with E-state index in [0.29, 0.717) is 0 Å². The first-order valence-corrected chi connectivity index (χ1v) is 8.74. The number of rotatable bonds is 1. The lowest BCUT2D eigenvalue weighted by molar-refractivity contribution is 0.303. The van der Waals surface area contributed by atoms with Crippen LogP contribution < -0.4 is 0 Å². The summed E-state index contributed by atoms with van der Waals surface area (Å²) in [5.41, 5.74) is 6.10. The molecule has 0 spiro atoms. The van der Waals surface area contributed by atoms with E-state index in [4.69, 9.17) is 4.99 Å². The Hall–Kier alpha value is -2.55. The van der Waals surface area contributed by atoms with Crippen LogP contribution in [0.5, 0.6) is 0 Å². The maximum atomic E-state index is 5.12. The Morgan fingerprint density at radius 3 is 2.40 bits per heavy atom. The average molecular weight is 329 g/mol. The van der Waals surface area contributed by atoms with Crippen LogP contribution in [0.4, 0.5) is 0 Å². The summed E-state index contributed by atoms with van der Waals surface area (Å²) in [7, 11) is 0. The molecule has 0 N–H and O–H groups in total. The Bertz CT molecular complexity index is 1010. The van der Waals surface area contributed by atoms with E-state index in [0.717, 1.165) is 27.9 Å². The molecule has 126 valence electrons. The highest BCUT2D eigenvalue weighted by atomic mass is 15.1. The lowest BCUT2D eigenvalue weighted by atomic mass is 9.66. The summed E-state index contributed by atoms with van der Waals surface area (Å²) in [4.78, 5) is 5.12. The molecule has 2 heterocycles. The van der Waals surface area contributed by atoms with Gasteiger partial charge in [0.2, 0.25) is 0 Å². The third-order valence-corrected chi connectivity index (χ3v) is 5.76. The summed E-state index contributed by atoms with van der Waals surface area (Å²) in [6.07, 6.45) is 0. The lowest BCUT2D eigenvalue weighted by Crippen LogP contribution is -2.46. The van der Waals surface area contributed by atoms with Crippen molar-refractivity contribution in [3.05, 3.63) is 70.9 Å². The van der Waals surface area contributed by atoms with Crippen molar-refractivity contribution < 1.29 is 0 Å². The zero-order chi connectivity index (χ0) is 17.8. The normalized spacial score (nSPS) is 17.9. The van der Waals surface area contributed by atoms with E-state index in [1.807, 2.05) is 0 Å². The molecular weight excluding hydrogens is 306 g/mol. The predicted molar refractivity (Wildman–Crippen MR) is 103 cm³/mol. The van der Waals surface area contributed by atoms with E-state index in [1.165, 1.54) is 11.1 Å². The van der Waals surface area contributed by atoms with Gasteiger partial charge in [-0.05, 0) is 44.0 Å². The van der Waals surface area contributed by atoms with E-state index in [9.17, 15) is 0 Å². The third kappa shape index (κ3) is 2.38. The Morgan fingerprint density at radius 2 is 1.60 bits per heavy atom. The second-order valence-corrected chi connectivity index (χ2v) is 7.98. The highest BCUT2D eigenvalue weighted by Crippen LogP contribution is 2.43. The quantitative estimate of drug-likeness (QED) is 0.640. The number of hydrogen-bond acceptors (Lipinski definition) is 3. The molecule has 3 heteroatoms.